The Morgan fingerprint density at radius 1 is 1.79 bits per heavy atom. The molecule has 0 aromatic rings. The Balaban J connectivity index is 2.68. The molecule has 0 aliphatic carbocycles. The monoisotopic (exact) mass is 220 g/mol. The van der Waals surface area contributed by atoms with Gasteiger partial charge in [0.2, 0.25) is 12.0 Å². The molecule has 0 radical (unpaired) electrons. The number of ether oxygens (including phenoxy) is 3. The lowest BCUT2D eigenvalue weighted by Gasteiger charge is -2.22. The van der Waals surface area contributed by atoms with Gasteiger partial charge in [-0.2, -0.15) is 0 Å². The van der Waals surface area contributed by atoms with Crippen LogP contribution in [-0.2, 0) is 29.8 Å². The van der Waals surface area contributed by atoms with Gasteiger partial charge in [-0.1, -0.05) is 0 Å². The average molecular weight is 220 g/mol. The summed E-state index contributed by atoms with van der Waals surface area (Å²) in [5.74, 6) is -0.438. The summed E-state index contributed by atoms with van der Waals surface area (Å²) in [6.07, 6.45) is -0.625. The Bertz CT molecular complexity index is 273. The lowest BCUT2D eigenvalue weighted by molar-refractivity contribution is -0.150. The molecule has 5 nitrogen and oxygen atoms in total. The minimum atomic E-state index is -1.24. The van der Waals surface area contributed by atoms with Gasteiger partial charge in [0.25, 0.3) is 0 Å². The standard InChI is InChI=1S/C8H12O5S/c1-3-12-7-5-14(10)4-6(13-7)8(9)11-2/h4,7H,3,5H2,1-2H3/t7-,14-/m0/s1. The van der Waals surface area contributed by atoms with Crippen LogP contribution in [0.15, 0.2) is 11.2 Å². The van der Waals surface area contributed by atoms with Gasteiger partial charge in [0.1, 0.15) is 0 Å². The van der Waals surface area contributed by atoms with E-state index in [1.54, 1.807) is 6.92 Å². The highest BCUT2D eigenvalue weighted by molar-refractivity contribution is 7.88. The van der Waals surface area contributed by atoms with Crippen molar-refractivity contribution in [3.63, 3.8) is 0 Å². The van der Waals surface area contributed by atoms with Gasteiger partial charge in [0, 0.05) is 6.61 Å². The van der Waals surface area contributed by atoms with E-state index in [1.165, 1.54) is 12.5 Å². The van der Waals surface area contributed by atoms with Crippen molar-refractivity contribution in [1.82, 2.24) is 0 Å². The molecule has 0 aromatic heterocycles. The minimum absolute atomic E-state index is 0.0458. The summed E-state index contributed by atoms with van der Waals surface area (Å²) >= 11 is 0. The molecule has 0 fully saturated rings. The van der Waals surface area contributed by atoms with E-state index < -0.39 is 23.1 Å². The van der Waals surface area contributed by atoms with Gasteiger partial charge in [-0.3, -0.25) is 4.21 Å². The number of carbonyl (C=O) groups excluding carboxylic acids is 1. The zero-order valence-electron chi connectivity index (χ0n) is 8.02. The predicted molar refractivity (Wildman–Crippen MR) is 49.6 cm³/mol. The third-order valence-corrected chi connectivity index (χ3v) is 2.61. The Labute approximate surface area is 84.5 Å². The molecule has 1 aliphatic heterocycles. The Kier molecular flexibility index (Phi) is 4.09. The lowest BCUT2D eigenvalue weighted by atomic mass is 10.5. The molecule has 0 spiro atoms. The fourth-order valence-corrected chi connectivity index (χ4v) is 1.89. The second-order valence-electron chi connectivity index (χ2n) is 2.52. The summed E-state index contributed by atoms with van der Waals surface area (Å²) in [4.78, 5) is 11.1. The van der Waals surface area contributed by atoms with E-state index in [-0.39, 0.29) is 11.5 Å². The molecule has 2 atom stereocenters. The van der Waals surface area contributed by atoms with Gasteiger partial charge in [-0.25, -0.2) is 4.79 Å². The third kappa shape index (κ3) is 2.81. The van der Waals surface area contributed by atoms with Crippen LogP contribution < -0.4 is 0 Å². The van der Waals surface area contributed by atoms with Crippen LogP contribution in [0.25, 0.3) is 0 Å². The van der Waals surface area contributed by atoms with Crippen LogP contribution >= 0.6 is 0 Å². The van der Waals surface area contributed by atoms with Crippen LogP contribution in [0.4, 0.5) is 0 Å². The van der Waals surface area contributed by atoms with Gasteiger partial charge >= 0.3 is 5.97 Å². The molecule has 0 unspecified atom stereocenters. The van der Waals surface area contributed by atoms with E-state index in [2.05, 4.69) is 4.74 Å². The van der Waals surface area contributed by atoms with Crippen molar-refractivity contribution in [1.29, 1.82) is 0 Å². The van der Waals surface area contributed by atoms with Crippen molar-refractivity contribution in [2.75, 3.05) is 19.5 Å². The maximum absolute atomic E-state index is 11.2. The Morgan fingerprint density at radius 2 is 2.50 bits per heavy atom. The molecule has 80 valence electrons. The fraction of sp³-hybridized carbons (Fsp3) is 0.625. The van der Waals surface area contributed by atoms with Crippen LogP contribution in [0, 0.1) is 0 Å². The predicted octanol–water partition coefficient (Wildman–Crippen LogP) is 0.142. The first-order chi connectivity index (χ1) is 6.67. The van der Waals surface area contributed by atoms with Crippen molar-refractivity contribution in [3.05, 3.63) is 11.2 Å². The van der Waals surface area contributed by atoms with Crippen molar-refractivity contribution in [3.8, 4) is 0 Å². The summed E-state index contributed by atoms with van der Waals surface area (Å²) < 4.78 is 25.9. The molecule has 0 saturated carbocycles. The first-order valence-electron chi connectivity index (χ1n) is 4.13. The van der Waals surface area contributed by atoms with Gasteiger partial charge in [-0.15, -0.1) is 0 Å². The van der Waals surface area contributed by atoms with Gasteiger partial charge in [-0.05, 0) is 6.92 Å². The normalized spacial score (nSPS) is 26.3. The van der Waals surface area contributed by atoms with Crippen molar-refractivity contribution < 1.29 is 23.2 Å². The summed E-state index contributed by atoms with van der Waals surface area (Å²) in [6.45, 7) is 2.23. The van der Waals surface area contributed by atoms with Crippen LogP contribution in [-0.4, -0.2) is 35.9 Å². The van der Waals surface area contributed by atoms with E-state index in [0.717, 1.165) is 0 Å². The van der Waals surface area contributed by atoms with Gasteiger partial charge in [0.15, 0.2) is 0 Å². The molecule has 0 aromatic carbocycles. The van der Waals surface area contributed by atoms with Crippen molar-refractivity contribution >= 4 is 16.8 Å². The maximum atomic E-state index is 11.2. The maximum Gasteiger partial charge on any atom is 0.374 e. The molecule has 0 amide bonds. The van der Waals surface area contributed by atoms with E-state index in [1.807, 2.05) is 0 Å². The fourth-order valence-electron chi connectivity index (χ4n) is 0.970. The molecule has 1 aliphatic rings. The zero-order chi connectivity index (χ0) is 10.6. The highest BCUT2D eigenvalue weighted by Crippen LogP contribution is 2.14. The summed E-state index contributed by atoms with van der Waals surface area (Å²) in [7, 11) is -0.00103. The summed E-state index contributed by atoms with van der Waals surface area (Å²) in [5.41, 5.74) is 0. The summed E-state index contributed by atoms with van der Waals surface area (Å²) in [6, 6.07) is 0. The first kappa shape index (κ1) is 11.2. The molecular weight excluding hydrogens is 208 g/mol. The molecule has 6 heteroatoms. The summed E-state index contributed by atoms with van der Waals surface area (Å²) in [5, 5.41) is 1.24. The number of rotatable bonds is 3. The highest BCUT2D eigenvalue weighted by atomic mass is 32.2. The zero-order valence-corrected chi connectivity index (χ0v) is 8.83. The second-order valence-corrected chi connectivity index (χ2v) is 3.85. The number of hydrogen-bond donors (Lipinski definition) is 0. The number of carbonyl (C=O) groups is 1. The van der Waals surface area contributed by atoms with Gasteiger partial charge in [0.05, 0.1) is 29.1 Å². The minimum Gasteiger partial charge on any atom is -0.463 e. The number of esters is 1. The second kappa shape index (κ2) is 5.11. The van der Waals surface area contributed by atoms with Crippen LogP contribution in [0.2, 0.25) is 0 Å². The van der Waals surface area contributed by atoms with E-state index in [9.17, 15) is 9.00 Å². The third-order valence-electron chi connectivity index (χ3n) is 1.54. The lowest BCUT2D eigenvalue weighted by Crippen LogP contribution is -2.30. The Hall–Kier alpha value is -0.880. The topological polar surface area (TPSA) is 61.8 Å². The van der Waals surface area contributed by atoms with E-state index in [0.29, 0.717) is 6.61 Å². The quantitative estimate of drug-likeness (QED) is 0.633. The van der Waals surface area contributed by atoms with Crippen molar-refractivity contribution in [2.24, 2.45) is 0 Å². The highest BCUT2D eigenvalue weighted by Gasteiger charge is 2.25. The first-order valence-corrected chi connectivity index (χ1v) is 5.51. The number of hydrogen-bond acceptors (Lipinski definition) is 5. The van der Waals surface area contributed by atoms with E-state index >= 15 is 0 Å². The van der Waals surface area contributed by atoms with E-state index in [4.69, 9.17) is 9.47 Å². The average Bonchev–Trinajstić information content (AvgIpc) is 2.16. The Morgan fingerprint density at radius 3 is 3.07 bits per heavy atom. The molecule has 0 N–H and O–H groups in total. The van der Waals surface area contributed by atoms with Crippen LogP contribution in [0.5, 0.6) is 0 Å². The molecule has 1 rings (SSSR count). The van der Waals surface area contributed by atoms with Gasteiger partial charge < -0.3 is 14.2 Å². The van der Waals surface area contributed by atoms with Crippen LogP contribution in [0.3, 0.4) is 0 Å². The smallest absolute Gasteiger partial charge is 0.374 e. The molecule has 0 bridgehead atoms. The van der Waals surface area contributed by atoms with Crippen molar-refractivity contribution in [2.45, 2.75) is 13.2 Å². The number of methoxy groups -OCH3 is 1. The largest absolute Gasteiger partial charge is 0.463 e. The SMILES string of the molecule is CCO[C@@H]1C[S@@](=O)C=C(C(=O)OC)O1. The molecule has 0 saturated heterocycles. The molecule has 14 heavy (non-hydrogen) atoms. The molecular formula is C8H12O5S. The van der Waals surface area contributed by atoms with Crippen LogP contribution in [0.1, 0.15) is 6.92 Å². The molecule has 1 heterocycles.